The van der Waals surface area contributed by atoms with Gasteiger partial charge in [0.1, 0.15) is 5.82 Å². The van der Waals surface area contributed by atoms with E-state index in [0.717, 1.165) is 48.3 Å². The zero-order chi connectivity index (χ0) is 17.0. The molecular weight excluding hydrogens is 322 g/mol. The van der Waals surface area contributed by atoms with Gasteiger partial charge in [-0.2, -0.15) is 0 Å². The number of hydrogen-bond acceptors (Lipinski definition) is 3. The van der Waals surface area contributed by atoms with Gasteiger partial charge in [-0.05, 0) is 36.6 Å². The number of anilines is 1. The van der Waals surface area contributed by atoms with Gasteiger partial charge in [0.25, 0.3) is 0 Å². The van der Waals surface area contributed by atoms with E-state index in [9.17, 15) is 0 Å². The first-order valence-corrected chi connectivity index (χ1v) is 8.50. The molecule has 0 bridgehead atoms. The molecule has 1 aromatic heterocycles. The number of pyridine rings is 1. The molecule has 0 aliphatic heterocycles. The van der Waals surface area contributed by atoms with Gasteiger partial charge >= 0.3 is 0 Å². The molecule has 3 N–H and O–H groups in total. The predicted octanol–water partition coefficient (Wildman–Crippen LogP) is 3.29. The highest BCUT2D eigenvalue weighted by molar-refractivity contribution is 6.31. The summed E-state index contributed by atoms with van der Waals surface area (Å²) in [6.45, 7) is 2.43. The van der Waals surface area contributed by atoms with Crippen molar-refractivity contribution in [1.29, 1.82) is 0 Å². The van der Waals surface area contributed by atoms with Crippen LogP contribution in [0.2, 0.25) is 5.02 Å². The van der Waals surface area contributed by atoms with Crippen molar-refractivity contribution in [2.24, 2.45) is 4.99 Å². The van der Waals surface area contributed by atoms with Crippen molar-refractivity contribution in [2.45, 2.75) is 19.4 Å². The fraction of sp³-hybridized carbons (Fsp3) is 0.333. The van der Waals surface area contributed by atoms with Crippen LogP contribution in [0.25, 0.3) is 0 Å². The summed E-state index contributed by atoms with van der Waals surface area (Å²) in [5.41, 5.74) is 1.06. The second-order valence-electron chi connectivity index (χ2n) is 5.29. The van der Waals surface area contributed by atoms with Gasteiger partial charge in [0.2, 0.25) is 0 Å². The molecule has 0 aliphatic rings. The number of guanidine groups is 1. The van der Waals surface area contributed by atoms with Gasteiger partial charge in [0.05, 0.1) is 0 Å². The molecule has 6 heteroatoms. The third-order valence-electron chi connectivity index (χ3n) is 3.49. The van der Waals surface area contributed by atoms with E-state index in [2.05, 4.69) is 25.9 Å². The lowest BCUT2D eigenvalue weighted by atomic mass is 10.2. The molecule has 24 heavy (non-hydrogen) atoms. The highest BCUT2D eigenvalue weighted by Gasteiger charge is 2.01. The van der Waals surface area contributed by atoms with E-state index in [1.54, 1.807) is 13.2 Å². The normalized spacial score (nSPS) is 11.2. The summed E-state index contributed by atoms with van der Waals surface area (Å²) in [6.07, 6.45) is 3.90. The zero-order valence-corrected chi connectivity index (χ0v) is 14.7. The molecule has 0 aliphatic carbocycles. The monoisotopic (exact) mass is 345 g/mol. The van der Waals surface area contributed by atoms with Crippen molar-refractivity contribution in [3.63, 3.8) is 0 Å². The zero-order valence-electron chi connectivity index (χ0n) is 13.9. The molecule has 0 unspecified atom stereocenters. The summed E-state index contributed by atoms with van der Waals surface area (Å²) in [5, 5.41) is 10.6. The predicted molar refractivity (Wildman–Crippen MR) is 102 cm³/mol. The molecule has 1 heterocycles. The quantitative estimate of drug-likeness (QED) is 0.390. The number of aromatic nitrogens is 1. The summed E-state index contributed by atoms with van der Waals surface area (Å²) in [4.78, 5) is 8.46. The van der Waals surface area contributed by atoms with Crippen molar-refractivity contribution in [2.75, 3.05) is 25.5 Å². The Bertz CT molecular complexity index is 630. The highest BCUT2D eigenvalue weighted by atomic mass is 35.5. The third-order valence-corrected chi connectivity index (χ3v) is 3.86. The first kappa shape index (κ1) is 18.1. The van der Waals surface area contributed by atoms with Crippen molar-refractivity contribution >= 4 is 23.4 Å². The van der Waals surface area contributed by atoms with Gasteiger partial charge in [-0.1, -0.05) is 35.9 Å². The van der Waals surface area contributed by atoms with Gasteiger partial charge in [-0.3, -0.25) is 4.99 Å². The number of rotatable bonds is 8. The molecule has 0 spiro atoms. The summed E-state index contributed by atoms with van der Waals surface area (Å²) in [7, 11) is 1.77. The van der Waals surface area contributed by atoms with Crippen LogP contribution in [0.4, 0.5) is 5.82 Å². The molecule has 0 amide bonds. The van der Waals surface area contributed by atoms with E-state index in [1.807, 2.05) is 42.5 Å². The van der Waals surface area contributed by atoms with Crippen LogP contribution in [0.1, 0.15) is 18.4 Å². The number of aliphatic imine (C=N–C) groups is 1. The minimum atomic E-state index is 0.653. The summed E-state index contributed by atoms with van der Waals surface area (Å²) in [6, 6.07) is 13.7. The maximum atomic E-state index is 6.15. The lowest BCUT2D eigenvalue weighted by molar-refractivity contribution is 0.711. The van der Waals surface area contributed by atoms with E-state index in [4.69, 9.17) is 11.6 Å². The Morgan fingerprint density at radius 3 is 2.58 bits per heavy atom. The number of benzene rings is 1. The summed E-state index contributed by atoms with van der Waals surface area (Å²) in [5.74, 6) is 1.70. The number of unbranched alkanes of at least 4 members (excludes halogenated alkanes) is 1. The number of nitrogens with zero attached hydrogens (tertiary/aromatic N) is 2. The minimum absolute atomic E-state index is 0.653. The van der Waals surface area contributed by atoms with Gasteiger partial charge in [-0.25, -0.2) is 4.98 Å². The molecule has 0 saturated carbocycles. The number of hydrogen-bond donors (Lipinski definition) is 3. The Labute approximate surface area is 148 Å². The van der Waals surface area contributed by atoms with Gasteiger partial charge in [-0.15, -0.1) is 0 Å². The fourth-order valence-corrected chi connectivity index (χ4v) is 2.38. The van der Waals surface area contributed by atoms with Crippen molar-refractivity contribution in [3.8, 4) is 0 Å². The molecule has 0 radical (unpaired) electrons. The largest absolute Gasteiger partial charge is 0.370 e. The average Bonchev–Trinajstić information content (AvgIpc) is 2.62. The van der Waals surface area contributed by atoms with Gasteiger partial charge in [0.15, 0.2) is 5.96 Å². The van der Waals surface area contributed by atoms with Gasteiger partial charge in [0, 0.05) is 37.9 Å². The van der Waals surface area contributed by atoms with Crippen LogP contribution < -0.4 is 16.0 Å². The van der Waals surface area contributed by atoms with E-state index >= 15 is 0 Å². The van der Waals surface area contributed by atoms with E-state index in [0.29, 0.717) is 6.54 Å². The Kier molecular flexibility index (Phi) is 7.90. The number of halogens is 1. The lowest BCUT2D eigenvalue weighted by Gasteiger charge is -2.12. The Balaban J connectivity index is 1.59. The van der Waals surface area contributed by atoms with E-state index < -0.39 is 0 Å². The van der Waals surface area contributed by atoms with Crippen LogP contribution in [0, 0.1) is 0 Å². The fourth-order valence-electron chi connectivity index (χ4n) is 2.18. The van der Waals surface area contributed by atoms with E-state index in [1.165, 1.54) is 0 Å². The van der Waals surface area contributed by atoms with E-state index in [-0.39, 0.29) is 0 Å². The molecule has 1 aromatic carbocycles. The molecule has 0 atom stereocenters. The Hall–Kier alpha value is -2.27. The second-order valence-corrected chi connectivity index (χ2v) is 5.70. The molecule has 2 aromatic rings. The third kappa shape index (κ3) is 6.46. The first-order chi connectivity index (χ1) is 11.8. The molecule has 0 fully saturated rings. The molecule has 128 valence electrons. The highest BCUT2D eigenvalue weighted by Crippen LogP contribution is 2.14. The topological polar surface area (TPSA) is 61.3 Å². The Morgan fingerprint density at radius 1 is 1.04 bits per heavy atom. The van der Waals surface area contributed by atoms with Crippen molar-refractivity contribution < 1.29 is 0 Å². The molecule has 5 nitrogen and oxygen atoms in total. The summed E-state index contributed by atoms with van der Waals surface area (Å²) < 4.78 is 0. The second kappa shape index (κ2) is 10.5. The lowest BCUT2D eigenvalue weighted by Crippen LogP contribution is -2.37. The summed E-state index contributed by atoms with van der Waals surface area (Å²) >= 11 is 6.15. The van der Waals surface area contributed by atoms with Gasteiger partial charge < -0.3 is 16.0 Å². The van der Waals surface area contributed by atoms with Crippen LogP contribution in [-0.4, -0.2) is 31.1 Å². The first-order valence-electron chi connectivity index (χ1n) is 8.12. The minimum Gasteiger partial charge on any atom is -0.370 e. The smallest absolute Gasteiger partial charge is 0.191 e. The maximum Gasteiger partial charge on any atom is 0.191 e. The maximum absolute atomic E-state index is 6.15. The van der Waals surface area contributed by atoms with Crippen molar-refractivity contribution in [3.05, 3.63) is 59.2 Å². The van der Waals surface area contributed by atoms with Crippen LogP contribution in [0.5, 0.6) is 0 Å². The van der Waals surface area contributed by atoms with Crippen LogP contribution in [-0.2, 0) is 6.54 Å². The SMILES string of the molecule is CN=C(NCCCCNc1ccccn1)NCc1ccccc1Cl. The van der Waals surface area contributed by atoms with Crippen LogP contribution >= 0.6 is 11.6 Å². The molecular formula is C18H24ClN5. The Morgan fingerprint density at radius 2 is 1.83 bits per heavy atom. The molecule has 2 rings (SSSR count). The van der Waals surface area contributed by atoms with Crippen molar-refractivity contribution in [1.82, 2.24) is 15.6 Å². The van der Waals surface area contributed by atoms with Crippen LogP contribution in [0.15, 0.2) is 53.7 Å². The molecule has 0 saturated heterocycles. The number of nitrogens with one attached hydrogen (secondary N) is 3. The average molecular weight is 346 g/mol. The van der Waals surface area contributed by atoms with Crippen LogP contribution in [0.3, 0.4) is 0 Å². The standard InChI is InChI=1S/C18H24ClN5/c1-20-18(24-14-15-8-2-3-9-16(15)19)23-13-7-6-12-22-17-10-4-5-11-21-17/h2-5,8-11H,6-7,12-14H2,1H3,(H,21,22)(H2,20,23,24).